The smallest absolute Gasteiger partial charge is 0.341 e. The first kappa shape index (κ1) is 26.8. The molecule has 0 fully saturated rings. The Morgan fingerprint density at radius 3 is 2.38 bits per heavy atom. The summed E-state index contributed by atoms with van der Waals surface area (Å²) in [5.74, 6) is -1.49. The monoisotopic (exact) mass is 688 g/mol. The molecular weight excluding hydrogens is 666 g/mol. The molecule has 0 heterocycles. The number of esters is 2. The summed E-state index contributed by atoms with van der Waals surface area (Å²) < 4.78 is 44.6. The zero-order valence-corrected chi connectivity index (χ0v) is 22.6. The number of hydrogen-bond acceptors (Lipinski definition) is 7. The second-order valence-corrected chi connectivity index (χ2v) is 11.1. The van der Waals surface area contributed by atoms with Gasteiger partial charge in [0.1, 0.15) is 22.0 Å². The van der Waals surface area contributed by atoms with Gasteiger partial charge in [-0.05, 0) is 99.8 Å². The van der Waals surface area contributed by atoms with Crippen LogP contribution in [-0.2, 0) is 19.6 Å². The number of rotatable bonds is 8. The van der Waals surface area contributed by atoms with Gasteiger partial charge in [-0.15, -0.1) is 0 Å². The molecule has 0 atom stereocenters. The molecule has 2 aromatic rings. The second-order valence-electron chi connectivity index (χ2n) is 7.29. The zero-order chi connectivity index (χ0) is 24.2. The summed E-state index contributed by atoms with van der Waals surface area (Å²) in [4.78, 5) is 24.2. The van der Waals surface area contributed by atoms with Gasteiger partial charge in [-0.25, -0.2) is 4.79 Å². The van der Waals surface area contributed by atoms with Gasteiger partial charge in [0.25, 0.3) is 10.1 Å². The number of aryl methyl sites for hydroxylation is 1. The first-order chi connectivity index (χ1) is 14.8. The van der Waals surface area contributed by atoms with Crippen LogP contribution in [0.25, 0.3) is 0 Å². The van der Waals surface area contributed by atoms with Gasteiger partial charge in [-0.1, -0.05) is 13.8 Å². The largest absolute Gasteiger partial charge is 0.506 e. The van der Waals surface area contributed by atoms with Crippen molar-refractivity contribution < 1.29 is 37.1 Å². The fraction of sp³-hybridized carbons (Fsp3) is 0.333. The van der Waals surface area contributed by atoms with Crippen LogP contribution in [0.5, 0.6) is 11.5 Å². The highest BCUT2D eigenvalue weighted by Gasteiger charge is 2.22. The molecule has 0 radical (unpaired) electrons. The molecule has 0 amide bonds. The summed E-state index contributed by atoms with van der Waals surface area (Å²) in [6, 6.07) is 6.02. The number of halogens is 2. The Labute approximate surface area is 213 Å². The number of hydrogen-bond donors (Lipinski definition) is 2. The minimum absolute atomic E-state index is 0.0424. The quantitative estimate of drug-likeness (QED) is 0.133. The average molecular weight is 688 g/mol. The molecule has 0 aliphatic heterocycles. The fourth-order valence-corrected chi connectivity index (χ4v) is 5.87. The number of phenolic OH excluding ortho intramolecular Hbond substituents is 1. The van der Waals surface area contributed by atoms with Crippen LogP contribution in [0.2, 0.25) is 0 Å². The van der Waals surface area contributed by atoms with E-state index in [0.717, 1.165) is 3.57 Å². The molecule has 0 aliphatic rings. The predicted molar refractivity (Wildman–Crippen MR) is 134 cm³/mol. The first-order valence-corrected chi connectivity index (χ1v) is 13.1. The van der Waals surface area contributed by atoms with Gasteiger partial charge < -0.3 is 14.6 Å². The van der Waals surface area contributed by atoms with Gasteiger partial charge in [-0.2, -0.15) is 8.42 Å². The van der Waals surface area contributed by atoms with E-state index in [1.807, 2.05) is 45.2 Å². The minimum Gasteiger partial charge on any atom is -0.506 e. The lowest BCUT2D eigenvalue weighted by Crippen LogP contribution is -2.13. The average Bonchev–Trinajstić information content (AvgIpc) is 2.66. The predicted octanol–water partition coefficient (Wildman–Crippen LogP) is 4.82. The molecular formula is C21H22I2O8S. The zero-order valence-electron chi connectivity index (χ0n) is 17.5. The molecule has 174 valence electrons. The highest BCUT2D eigenvalue weighted by atomic mass is 127. The van der Waals surface area contributed by atoms with Crippen molar-refractivity contribution in [2.24, 2.45) is 0 Å². The van der Waals surface area contributed by atoms with Crippen LogP contribution < -0.4 is 4.74 Å². The Bertz CT molecular complexity index is 1140. The highest BCUT2D eigenvalue weighted by Crippen LogP contribution is 2.31. The fourth-order valence-electron chi connectivity index (χ4n) is 2.97. The molecule has 2 aromatic carbocycles. The standard InChI is InChI=1S/C21H22I2O8S/c1-11(2)15-10-14(7-12(3)20(15)32(27,28)29)31-18(24)5-4-6-30-21(26)16-8-13(22)9-17(23)19(16)25/h7-11,25H,4-6H2,1-3H3,(H,27,28,29). The topological polar surface area (TPSA) is 127 Å². The van der Waals surface area contributed by atoms with E-state index < -0.39 is 22.1 Å². The van der Waals surface area contributed by atoms with Crippen LogP contribution in [0.1, 0.15) is 54.1 Å². The van der Waals surface area contributed by atoms with E-state index in [1.165, 1.54) is 25.1 Å². The van der Waals surface area contributed by atoms with Crippen LogP contribution in [0.15, 0.2) is 29.2 Å². The molecule has 11 heteroatoms. The number of aromatic hydroxyl groups is 1. The minimum atomic E-state index is -4.42. The van der Waals surface area contributed by atoms with Crippen molar-refractivity contribution in [3.05, 3.63) is 48.1 Å². The van der Waals surface area contributed by atoms with Crippen molar-refractivity contribution in [3.63, 3.8) is 0 Å². The van der Waals surface area contributed by atoms with Crippen molar-refractivity contribution in [1.82, 2.24) is 0 Å². The highest BCUT2D eigenvalue weighted by molar-refractivity contribution is 14.1. The summed E-state index contributed by atoms with van der Waals surface area (Å²) in [5.41, 5.74) is 0.665. The Hall–Kier alpha value is -1.45. The van der Waals surface area contributed by atoms with E-state index >= 15 is 0 Å². The van der Waals surface area contributed by atoms with Crippen molar-refractivity contribution in [2.75, 3.05) is 6.61 Å². The van der Waals surface area contributed by atoms with Crippen LogP contribution in [0, 0.1) is 14.1 Å². The van der Waals surface area contributed by atoms with Gasteiger partial charge in [0.15, 0.2) is 0 Å². The molecule has 0 aliphatic carbocycles. The van der Waals surface area contributed by atoms with Gasteiger partial charge in [0.2, 0.25) is 0 Å². The Kier molecular flexibility index (Phi) is 9.31. The van der Waals surface area contributed by atoms with Gasteiger partial charge in [-0.3, -0.25) is 9.35 Å². The Morgan fingerprint density at radius 1 is 1.12 bits per heavy atom. The number of benzene rings is 2. The molecule has 2 N–H and O–H groups in total. The molecule has 8 nitrogen and oxygen atoms in total. The van der Waals surface area contributed by atoms with Crippen molar-refractivity contribution in [2.45, 2.75) is 44.4 Å². The van der Waals surface area contributed by atoms with Crippen LogP contribution in [0.4, 0.5) is 0 Å². The Morgan fingerprint density at radius 2 is 1.78 bits per heavy atom. The first-order valence-electron chi connectivity index (χ1n) is 9.49. The molecule has 0 unspecified atom stereocenters. The lowest BCUT2D eigenvalue weighted by Gasteiger charge is -2.15. The second kappa shape index (κ2) is 11.1. The van der Waals surface area contributed by atoms with Crippen molar-refractivity contribution in [3.8, 4) is 11.5 Å². The van der Waals surface area contributed by atoms with E-state index in [4.69, 9.17) is 9.47 Å². The van der Waals surface area contributed by atoms with E-state index in [9.17, 15) is 27.7 Å². The maximum Gasteiger partial charge on any atom is 0.341 e. The van der Waals surface area contributed by atoms with Crippen LogP contribution in [0.3, 0.4) is 0 Å². The SMILES string of the molecule is Cc1cc(OC(=O)CCCOC(=O)c2cc(I)cc(I)c2O)cc(C(C)C)c1S(=O)(=O)O. The van der Waals surface area contributed by atoms with E-state index in [1.54, 1.807) is 19.9 Å². The third kappa shape index (κ3) is 7.02. The van der Waals surface area contributed by atoms with Gasteiger partial charge in [0.05, 0.1) is 10.2 Å². The summed E-state index contributed by atoms with van der Waals surface area (Å²) in [7, 11) is -4.42. The third-order valence-corrected chi connectivity index (χ3v) is 6.91. The summed E-state index contributed by atoms with van der Waals surface area (Å²) in [5, 5.41) is 10.0. The maximum absolute atomic E-state index is 12.2. The number of phenols is 1. The lowest BCUT2D eigenvalue weighted by molar-refractivity contribution is -0.134. The molecule has 2 rings (SSSR count). The van der Waals surface area contributed by atoms with E-state index in [2.05, 4.69) is 0 Å². The summed E-state index contributed by atoms with van der Waals surface area (Å²) in [6.07, 6.45) is 0.157. The van der Waals surface area contributed by atoms with Crippen molar-refractivity contribution in [1.29, 1.82) is 0 Å². The third-order valence-electron chi connectivity index (χ3n) is 4.40. The van der Waals surface area contributed by atoms with Crippen LogP contribution >= 0.6 is 45.2 Å². The van der Waals surface area contributed by atoms with E-state index in [-0.39, 0.29) is 52.9 Å². The lowest BCUT2D eigenvalue weighted by atomic mass is 10.0. The van der Waals surface area contributed by atoms with Crippen LogP contribution in [-0.4, -0.2) is 36.6 Å². The molecule has 0 aromatic heterocycles. The normalized spacial score (nSPS) is 11.5. The summed E-state index contributed by atoms with van der Waals surface area (Å²) >= 11 is 3.94. The van der Waals surface area contributed by atoms with Crippen molar-refractivity contribution >= 4 is 67.2 Å². The summed E-state index contributed by atoms with van der Waals surface area (Å²) in [6.45, 7) is 4.98. The molecule has 0 saturated heterocycles. The van der Waals surface area contributed by atoms with Gasteiger partial charge in [0, 0.05) is 9.99 Å². The Balaban J connectivity index is 1.97. The number of carbonyl (C=O) groups excluding carboxylic acids is 2. The maximum atomic E-state index is 12.2. The van der Waals surface area contributed by atoms with E-state index in [0.29, 0.717) is 9.13 Å². The molecule has 0 saturated carbocycles. The molecule has 0 spiro atoms. The van der Waals surface area contributed by atoms with Gasteiger partial charge >= 0.3 is 11.9 Å². The number of ether oxygens (including phenoxy) is 2. The molecule has 32 heavy (non-hydrogen) atoms. The molecule has 0 bridgehead atoms. The number of carbonyl (C=O) groups is 2.